The molecule has 0 radical (unpaired) electrons. The van der Waals surface area contributed by atoms with Crippen LogP contribution in [0.3, 0.4) is 0 Å². The number of nitrogens with one attached hydrogen (secondary N) is 2. The molecule has 0 aliphatic carbocycles. The second-order valence-electron chi connectivity index (χ2n) is 5.48. The van der Waals surface area contributed by atoms with Gasteiger partial charge in [-0.05, 0) is 49.5 Å². The van der Waals surface area contributed by atoms with E-state index in [0.29, 0.717) is 6.54 Å². The average molecular weight is 315 g/mol. The average Bonchev–Trinajstić information content (AvgIpc) is 3.22. The highest BCUT2D eigenvalue weighted by Gasteiger charge is 2.24. The number of likely N-dealkylation sites (tertiary alicyclic amines) is 1. The van der Waals surface area contributed by atoms with E-state index in [1.165, 1.54) is 17.7 Å². The Morgan fingerprint density at radius 1 is 1.14 bits per heavy atom. The fraction of sp³-hybridized carbons (Fsp3) is 0.353. The van der Waals surface area contributed by atoms with Crippen LogP contribution >= 0.6 is 11.3 Å². The number of carbonyl (C=O) groups is 1. The Labute approximate surface area is 135 Å². The van der Waals surface area contributed by atoms with Gasteiger partial charge in [-0.1, -0.05) is 24.3 Å². The summed E-state index contributed by atoms with van der Waals surface area (Å²) >= 11 is 1.76. The summed E-state index contributed by atoms with van der Waals surface area (Å²) in [5, 5.41) is 7.98. The van der Waals surface area contributed by atoms with Crippen molar-refractivity contribution < 1.29 is 4.79 Å². The number of para-hydroxylation sites is 1. The highest BCUT2D eigenvalue weighted by molar-refractivity contribution is 7.10. The third-order valence-corrected chi connectivity index (χ3v) is 4.91. The first-order valence-electron chi connectivity index (χ1n) is 7.70. The van der Waals surface area contributed by atoms with Gasteiger partial charge in [0.25, 0.3) is 0 Å². The van der Waals surface area contributed by atoms with E-state index in [1.54, 1.807) is 11.3 Å². The molecular formula is C17H21N3OS. The molecule has 1 aromatic heterocycles. The van der Waals surface area contributed by atoms with Crippen LogP contribution in [0.5, 0.6) is 0 Å². The van der Waals surface area contributed by atoms with Gasteiger partial charge < -0.3 is 10.6 Å². The maximum absolute atomic E-state index is 12.1. The number of hydrogen-bond acceptors (Lipinski definition) is 3. The molecule has 116 valence electrons. The number of rotatable bonds is 5. The lowest BCUT2D eigenvalue weighted by atomic mass is 10.2. The minimum Gasteiger partial charge on any atom is -0.336 e. The predicted molar refractivity (Wildman–Crippen MR) is 91.3 cm³/mol. The van der Waals surface area contributed by atoms with Gasteiger partial charge in [0.2, 0.25) is 0 Å². The van der Waals surface area contributed by atoms with E-state index in [9.17, 15) is 4.79 Å². The Morgan fingerprint density at radius 2 is 1.91 bits per heavy atom. The Bertz CT molecular complexity index is 579. The molecule has 0 spiro atoms. The molecule has 2 aromatic rings. The lowest BCUT2D eigenvalue weighted by Gasteiger charge is -2.26. The van der Waals surface area contributed by atoms with Crippen molar-refractivity contribution in [3.63, 3.8) is 0 Å². The van der Waals surface area contributed by atoms with E-state index >= 15 is 0 Å². The van der Waals surface area contributed by atoms with Crippen LogP contribution < -0.4 is 10.6 Å². The Balaban J connectivity index is 1.58. The van der Waals surface area contributed by atoms with Gasteiger partial charge in [0, 0.05) is 17.1 Å². The largest absolute Gasteiger partial charge is 0.336 e. The standard InChI is InChI=1S/C17H21N3OS/c21-17(19-14-7-2-1-3-8-14)18-13-15(16-9-6-12-22-16)20-10-4-5-11-20/h1-3,6-9,12,15H,4-5,10-11,13H2,(H2,18,19,21). The van der Waals surface area contributed by atoms with Crippen LogP contribution in [-0.4, -0.2) is 30.6 Å². The van der Waals surface area contributed by atoms with Crippen molar-refractivity contribution in [1.82, 2.24) is 10.2 Å². The summed E-state index contributed by atoms with van der Waals surface area (Å²) in [4.78, 5) is 15.9. The molecule has 2 heterocycles. The molecule has 0 bridgehead atoms. The maximum Gasteiger partial charge on any atom is 0.319 e. The lowest BCUT2D eigenvalue weighted by Crippen LogP contribution is -2.38. The summed E-state index contributed by atoms with van der Waals surface area (Å²) in [5.41, 5.74) is 0.814. The monoisotopic (exact) mass is 315 g/mol. The van der Waals surface area contributed by atoms with Crippen molar-refractivity contribution in [2.45, 2.75) is 18.9 Å². The summed E-state index contributed by atoms with van der Waals surface area (Å²) in [5.74, 6) is 0. The first kappa shape index (κ1) is 15.1. The molecule has 1 aliphatic rings. The molecule has 4 nitrogen and oxygen atoms in total. The molecule has 5 heteroatoms. The number of anilines is 1. The number of hydrogen-bond donors (Lipinski definition) is 2. The van der Waals surface area contributed by atoms with E-state index in [0.717, 1.165) is 18.8 Å². The molecule has 1 atom stereocenters. The zero-order chi connectivity index (χ0) is 15.2. The predicted octanol–water partition coefficient (Wildman–Crippen LogP) is 3.71. The summed E-state index contributed by atoms with van der Waals surface area (Å²) < 4.78 is 0. The molecule has 2 amide bonds. The van der Waals surface area contributed by atoms with Gasteiger partial charge in [0.1, 0.15) is 0 Å². The Morgan fingerprint density at radius 3 is 2.59 bits per heavy atom. The summed E-state index contributed by atoms with van der Waals surface area (Å²) in [6, 6.07) is 13.9. The van der Waals surface area contributed by atoms with Crippen molar-refractivity contribution in [2.75, 3.05) is 25.0 Å². The van der Waals surface area contributed by atoms with Crippen LogP contribution in [0, 0.1) is 0 Å². The van der Waals surface area contributed by atoms with E-state index in [-0.39, 0.29) is 12.1 Å². The molecule has 0 saturated carbocycles. The normalized spacial score (nSPS) is 16.4. The van der Waals surface area contributed by atoms with Crippen molar-refractivity contribution in [3.05, 3.63) is 52.7 Å². The van der Waals surface area contributed by atoms with Crippen molar-refractivity contribution in [3.8, 4) is 0 Å². The second kappa shape index (κ2) is 7.42. The van der Waals surface area contributed by atoms with E-state index in [4.69, 9.17) is 0 Å². The van der Waals surface area contributed by atoms with Crippen LogP contribution in [0.1, 0.15) is 23.8 Å². The van der Waals surface area contributed by atoms with E-state index < -0.39 is 0 Å². The van der Waals surface area contributed by atoms with E-state index in [2.05, 4.69) is 33.0 Å². The van der Waals surface area contributed by atoms with Gasteiger partial charge in [0.15, 0.2) is 0 Å². The number of carbonyl (C=O) groups excluding carboxylic acids is 1. The number of thiophene rings is 1. The molecule has 1 aromatic carbocycles. The van der Waals surface area contributed by atoms with Gasteiger partial charge in [0.05, 0.1) is 6.04 Å². The van der Waals surface area contributed by atoms with Crippen LogP contribution in [0.15, 0.2) is 47.8 Å². The number of nitrogens with zero attached hydrogens (tertiary/aromatic N) is 1. The SMILES string of the molecule is O=C(NCC(c1cccs1)N1CCCC1)Nc1ccccc1. The third kappa shape index (κ3) is 3.87. The van der Waals surface area contributed by atoms with Crippen LogP contribution in [0.25, 0.3) is 0 Å². The molecule has 2 N–H and O–H groups in total. The van der Waals surface area contributed by atoms with Gasteiger partial charge >= 0.3 is 6.03 Å². The summed E-state index contributed by atoms with van der Waals surface area (Å²) in [7, 11) is 0. The van der Waals surface area contributed by atoms with Crippen molar-refractivity contribution >= 4 is 23.1 Å². The maximum atomic E-state index is 12.1. The van der Waals surface area contributed by atoms with Gasteiger partial charge in [-0.15, -0.1) is 11.3 Å². The Kier molecular flexibility index (Phi) is 5.08. The minimum atomic E-state index is -0.146. The van der Waals surface area contributed by atoms with Crippen LogP contribution in [0.4, 0.5) is 10.5 Å². The minimum absolute atomic E-state index is 0.146. The van der Waals surface area contributed by atoms with Crippen LogP contribution in [-0.2, 0) is 0 Å². The molecule has 1 saturated heterocycles. The van der Waals surface area contributed by atoms with E-state index in [1.807, 2.05) is 30.3 Å². The summed E-state index contributed by atoms with van der Waals surface area (Å²) in [6.45, 7) is 2.87. The molecule has 3 rings (SSSR count). The number of benzene rings is 1. The smallest absolute Gasteiger partial charge is 0.319 e. The Hall–Kier alpha value is -1.85. The zero-order valence-corrected chi connectivity index (χ0v) is 13.3. The third-order valence-electron chi connectivity index (χ3n) is 3.94. The highest BCUT2D eigenvalue weighted by atomic mass is 32.1. The molecule has 1 fully saturated rings. The van der Waals surface area contributed by atoms with Gasteiger partial charge in [-0.3, -0.25) is 4.90 Å². The summed E-state index contributed by atoms with van der Waals surface area (Å²) in [6.07, 6.45) is 2.50. The van der Waals surface area contributed by atoms with Crippen molar-refractivity contribution in [2.24, 2.45) is 0 Å². The lowest BCUT2D eigenvalue weighted by molar-refractivity contribution is 0.229. The fourth-order valence-electron chi connectivity index (χ4n) is 2.83. The van der Waals surface area contributed by atoms with Gasteiger partial charge in [-0.2, -0.15) is 0 Å². The highest BCUT2D eigenvalue weighted by Crippen LogP contribution is 2.27. The molecule has 1 unspecified atom stereocenters. The topological polar surface area (TPSA) is 44.4 Å². The quantitative estimate of drug-likeness (QED) is 0.883. The fourth-order valence-corrected chi connectivity index (χ4v) is 3.69. The van der Waals surface area contributed by atoms with Crippen LogP contribution in [0.2, 0.25) is 0 Å². The number of urea groups is 1. The zero-order valence-electron chi connectivity index (χ0n) is 12.5. The second-order valence-corrected chi connectivity index (χ2v) is 6.45. The van der Waals surface area contributed by atoms with Crippen molar-refractivity contribution in [1.29, 1.82) is 0 Å². The first-order chi connectivity index (χ1) is 10.8. The molecule has 1 aliphatic heterocycles. The number of amides is 2. The first-order valence-corrected chi connectivity index (χ1v) is 8.58. The van der Waals surface area contributed by atoms with Gasteiger partial charge in [-0.25, -0.2) is 4.79 Å². The molecular weight excluding hydrogens is 294 g/mol. The molecule has 22 heavy (non-hydrogen) atoms.